The molecule has 1 aliphatic rings. The van der Waals surface area contributed by atoms with Crippen LogP contribution in [0.2, 0.25) is 10.0 Å². The van der Waals surface area contributed by atoms with E-state index in [-0.39, 0.29) is 5.91 Å². The molecule has 1 aromatic heterocycles. The number of halogens is 2. The number of hydrogen-bond donors (Lipinski definition) is 1. The minimum absolute atomic E-state index is 0.00286. The lowest BCUT2D eigenvalue weighted by molar-refractivity contribution is 0.0652. The van der Waals surface area contributed by atoms with Crippen molar-refractivity contribution in [3.8, 4) is 0 Å². The van der Waals surface area contributed by atoms with Gasteiger partial charge in [-0.1, -0.05) is 23.2 Å². The second kappa shape index (κ2) is 5.92. The number of aromatic nitrogens is 1. The molecule has 1 amide bonds. The molecule has 3 rings (SSSR count). The number of likely N-dealkylation sites (tertiary alicyclic amines) is 1. The second-order valence-corrected chi connectivity index (χ2v) is 5.61. The van der Waals surface area contributed by atoms with Gasteiger partial charge in [0.15, 0.2) is 0 Å². The van der Waals surface area contributed by atoms with E-state index < -0.39 is 0 Å². The van der Waals surface area contributed by atoms with Crippen molar-refractivity contribution in [2.75, 3.05) is 18.4 Å². The Kier molecular flexibility index (Phi) is 3.99. The minimum Gasteiger partial charge on any atom is -0.340 e. The fourth-order valence-electron chi connectivity index (χ4n) is 2.08. The molecule has 2 heterocycles. The van der Waals surface area contributed by atoms with Crippen LogP contribution in [0.4, 0.5) is 11.5 Å². The standard InChI is InChI=1S/C15H13Cl2N3O/c16-12-5-4-10(9-13(12)17)19-14-11(3-1-6-18-14)15(21)20-7-2-8-20/h1,3-6,9H,2,7-8H2,(H,18,19). The summed E-state index contributed by atoms with van der Waals surface area (Å²) in [7, 11) is 0. The molecular formula is C15H13Cl2N3O. The topological polar surface area (TPSA) is 45.2 Å². The third-order valence-corrected chi connectivity index (χ3v) is 4.10. The van der Waals surface area contributed by atoms with E-state index in [2.05, 4.69) is 10.3 Å². The van der Waals surface area contributed by atoms with E-state index in [4.69, 9.17) is 23.2 Å². The van der Waals surface area contributed by atoms with Gasteiger partial charge >= 0.3 is 0 Å². The molecule has 0 bridgehead atoms. The van der Waals surface area contributed by atoms with Crippen LogP contribution in [0.3, 0.4) is 0 Å². The maximum atomic E-state index is 12.4. The Morgan fingerprint density at radius 2 is 2.00 bits per heavy atom. The van der Waals surface area contributed by atoms with Crippen molar-refractivity contribution in [1.82, 2.24) is 9.88 Å². The number of benzene rings is 1. The Morgan fingerprint density at radius 1 is 1.19 bits per heavy atom. The third kappa shape index (κ3) is 2.96. The molecule has 1 aliphatic heterocycles. The normalized spacial score (nSPS) is 13.7. The smallest absolute Gasteiger partial charge is 0.257 e. The highest BCUT2D eigenvalue weighted by Crippen LogP contribution is 2.28. The van der Waals surface area contributed by atoms with E-state index in [0.29, 0.717) is 21.4 Å². The van der Waals surface area contributed by atoms with Gasteiger partial charge in [0.2, 0.25) is 0 Å². The van der Waals surface area contributed by atoms with E-state index >= 15 is 0 Å². The average Bonchev–Trinajstić information content (AvgIpc) is 2.41. The molecule has 0 saturated carbocycles. The Labute approximate surface area is 132 Å². The summed E-state index contributed by atoms with van der Waals surface area (Å²) in [4.78, 5) is 18.4. The number of anilines is 2. The van der Waals surface area contributed by atoms with Crippen molar-refractivity contribution >= 4 is 40.6 Å². The van der Waals surface area contributed by atoms with Crippen molar-refractivity contribution in [2.24, 2.45) is 0 Å². The zero-order chi connectivity index (χ0) is 14.8. The largest absolute Gasteiger partial charge is 0.340 e. The highest BCUT2D eigenvalue weighted by Gasteiger charge is 2.24. The zero-order valence-corrected chi connectivity index (χ0v) is 12.7. The summed E-state index contributed by atoms with van der Waals surface area (Å²) >= 11 is 11.9. The maximum absolute atomic E-state index is 12.4. The molecule has 1 N–H and O–H groups in total. The first-order valence-electron chi connectivity index (χ1n) is 6.61. The van der Waals surface area contributed by atoms with Crippen LogP contribution >= 0.6 is 23.2 Å². The molecule has 1 aromatic carbocycles. The molecule has 1 fully saturated rings. The molecule has 1 saturated heterocycles. The summed E-state index contributed by atoms with van der Waals surface area (Å²) in [6.45, 7) is 1.61. The Morgan fingerprint density at radius 3 is 2.67 bits per heavy atom. The van der Waals surface area contributed by atoms with Crippen LogP contribution in [-0.2, 0) is 0 Å². The number of hydrogen-bond acceptors (Lipinski definition) is 3. The summed E-state index contributed by atoms with van der Waals surface area (Å²) in [5.41, 5.74) is 1.30. The van der Waals surface area contributed by atoms with Crippen molar-refractivity contribution in [3.63, 3.8) is 0 Å². The predicted molar refractivity (Wildman–Crippen MR) is 84.5 cm³/mol. The van der Waals surface area contributed by atoms with Gasteiger partial charge in [-0.25, -0.2) is 4.98 Å². The number of amides is 1. The van der Waals surface area contributed by atoms with Crippen LogP contribution in [0.25, 0.3) is 0 Å². The van der Waals surface area contributed by atoms with Crippen LogP contribution < -0.4 is 5.32 Å². The van der Waals surface area contributed by atoms with E-state index in [9.17, 15) is 4.79 Å². The molecule has 2 aromatic rings. The quantitative estimate of drug-likeness (QED) is 0.930. The van der Waals surface area contributed by atoms with Gasteiger partial charge in [0, 0.05) is 25.0 Å². The van der Waals surface area contributed by atoms with E-state index in [1.165, 1.54) is 0 Å². The van der Waals surface area contributed by atoms with Gasteiger partial charge < -0.3 is 10.2 Å². The van der Waals surface area contributed by atoms with Gasteiger partial charge in [-0.3, -0.25) is 4.79 Å². The molecule has 0 atom stereocenters. The van der Waals surface area contributed by atoms with Crippen LogP contribution in [0.1, 0.15) is 16.8 Å². The third-order valence-electron chi connectivity index (χ3n) is 3.36. The average molecular weight is 322 g/mol. The number of rotatable bonds is 3. The summed E-state index contributed by atoms with van der Waals surface area (Å²) in [5.74, 6) is 0.518. The maximum Gasteiger partial charge on any atom is 0.257 e. The SMILES string of the molecule is O=C(c1cccnc1Nc1ccc(Cl)c(Cl)c1)N1CCC1. The molecule has 108 valence electrons. The Hall–Kier alpha value is -1.78. The van der Waals surface area contributed by atoms with Gasteiger partial charge in [-0.05, 0) is 36.8 Å². The molecule has 0 radical (unpaired) electrons. The van der Waals surface area contributed by atoms with E-state index in [0.717, 1.165) is 25.2 Å². The number of pyridine rings is 1. The highest BCUT2D eigenvalue weighted by atomic mass is 35.5. The van der Waals surface area contributed by atoms with E-state index in [1.54, 1.807) is 41.4 Å². The molecule has 4 nitrogen and oxygen atoms in total. The lowest BCUT2D eigenvalue weighted by Crippen LogP contribution is -2.42. The van der Waals surface area contributed by atoms with Crippen LogP contribution in [0.5, 0.6) is 0 Å². The van der Waals surface area contributed by atoms with Crippen molar-refractivity contribution in [1.29, 1.82) is 0 Å². The molecule has 6 heteroatoms. The predicted octanol–water partition coefficient (Wildman–Crippen LogP) is 3.98. The monoisotopic (exact) mass is 321 g/mol. The summed E-state index contributed by atoms with van der Waals surface area (Å²) in [6, 6.07) is 8.73. The first-order chi connectivity index (χ1) is 10.1. The molecular weight excluding hydrogens is 309 g/mol. The lowest BCUT2D eigenvalue weighted by atomic mass is 10.1. The fraction of sp³-hybridized carbons (Fsp3) is 0.200. The second-order valence-electron chi connectivity index (χ2n) is 4.80. The van der Waals surface area contributed by atoms with Crippen molar-refractivity contribution in [2.45, 2.75) is 6.42 Å². The lowest BCUT2D eigenvalue weighted by Gasteiger charge is -2.31. The minimum atomic E-state index is -0.00286. The molecule has 0 aliphatic carbocycles. The van der Waals surface area contributed by atoms with Crippen molar-refractivity contribution in [3.05, 3.63) is 52.1 Å². The highest BCUT2D eigenvalue weighted by molar-refractivity contribution is 6.42. The molecule has 21 heavy (non-hydrogen) atoms. The van der Waals surface area contributed by atoms with Crippen LogP contribution in [0, 0.1) is 0 Å². The first-order valence-corrected chi connectivity index (χ1v) is 7.37. The zero-order valence-electron chi connectivity index (χ0n) is 11.1. The summed E-state index contributed by atoms with van der Waals surface area (Å²) in [5, 5.41) is 4.06. The molecule has 0 unspecified atom stereocenters. The fourth-order valence-corrected chi connectivity index (χ4v) is 2.38. The molecule has 0 spiro atoms. The van der Waals surface area contributed by atoms with Gasteiger partial charge in [0.05, 0.1) is 15.6 Å². The van der Waals surface area contributed by atoms with Gasteiger partial charge in [-0.2, -0.15) is 0 Å². The Bertz CT molecular complexity index is 686. The van der Waals surface area contributed by atoms with Gasteiger partial charge in [-0.15, -0.1) is 0 Å². The van der Waals surface area contributed by atoms with Gasteiger partial charge in [0.1, 0.15) is 5.82 Å². The van der Waals surface area contributed by atoms with Crippen LogP contribution in [0.15, 0.2) is 36.5 Å². The van der Waals surface area contributed by atoms with E-state index in [1.807, 2.05) is 0 Å². The number of carbonyl (C=O) groups is 1. The summed E-state index contributed by atoms with van der Waals surface area (Å²) in [6.07, 6.45) is 2.70. The number of carbonyl (C=O) groups excluding carboxylic acids is 1. The number of nitrogens with zero attached hydrogens (tertiary/aromatic N) is 2. The number of nitrogens with one attached hydrogen (secondary N) is 1. The first kappa shape index (κ1) is 14.2. The van der Waals surface area contributed by atoms with Gasteiger partial charge in [0.25, 0.3) is 5.91 Å². The van der Waals surface area contributed by atoms with Crippen LogP contribution in [-0.4, -0.2) is 28.9 Å². The summed E-state index contributed by atoms with van der Waals surface area (Å²) < 4.78 is 0. The Balaban J connectivity index is 1.87. The van der Waals surface area contributed by atoms with Crippen molar-refractivity contribution < 1.29 is 4.79 Å².